The number of thiophene rings is 1. The monoisotopic (exact) mass is 193 g/mol. The van der Waals surface area contributed by atoms with Gasteiger partial charge in [0.2, 0.25) is 0 Å². The number of aliphatic imine (C=N–C) groups is 1. The lowest BCUT2D eigenvalue weighted by molar-refractivity contribution is -0.130. The smallest absolute Gasteiger partial charge is 0.363 e. The second kappa shape index (κ2) is 3.14. The Kier molecular flexibility index (Phi) is 1.98. The molecule has 4 heteroatoms. The van der Waals surface area contributed by atoms with Crippen molar-refractivity contribution < 1.29 is 9.53 Å². The van der Waals surface area contributed by atoms with E-state index in [2.05, 4.69) is 4.99 Å². The zero-order valence-corrected chi connectivity index (χ0v) is 7.80. The predicted octanol–water partition coefficient (Wildman–Crippen LogP) is 2.06. The van der Waals surface area contributed by atoms with Crippen LogP contribution in [-0.2, 0) is 9.53 Å². The highest BCUT2D eigenvalue weighted by molar-refractivity contribution is 7.08. The summed E-state index contributed by atoms with van der Waals surface area (Å²) in [6.07, 6.45) is 1.72. The van der Waals surface area contributed by atoms with Gasteiger partial charge in [0.25, 0.3) is 0 Å². The molecule has 1 aromatic rings. The lowest BCUT2D eigenvalue weighted by atomic mass is 10.3. The van der Waals surface area contributed by atoms with Crippen LogP contribution in [0.15, 0.2) is 27.5 Å². The zero-order chi connectivity index (χ0) is 9.26. The lowest BCUT2D eigenvalue weighted by Crippen LogP contribution is -1.99. The van der Waals surface area contributed by atoms with Crippen molar-refractivity contribution in [3.63, 3.8) is 0 Å². The van der Waals surface area contributed by atoms with Crippen molar-refractivity contribution in [2.24, 2.45) is 4.99 Å². The van der Waals surface area contributed by atoms with Crippen LogP contribution in [0.5, 0.6) is 0 Å². The summed E-state index contributed by atoms with van der Waals surface area (Å²) in [4.78, 5) is 15.1. The fourth-order valence-electron chi connectivity index (χ4n) is 1.03. The Morgan fingerprint density at radius 2 is 2.46 bits per heavy atom. The van der Waals surface area contributed by atoms with Crippen LogP contribution in [0.25, 0.3) is 6.08 Å². The van der Waals surface area contributed by atoms with Gasteiger partial charge in [-0.1, -0.05) is 0 Å². The van der Waals surface area contributed by atoms with Crippen molar-refractivity contribution in [3.8, 4) is 0 Å². The number of nitrogens with zero attached hydrogens (tertiary/aromatic N) is 1. The van der Waals surface area contributed by atoms with E-state index in [1.54, 1.807) is 24.3 Å². The molecule has 3 nitrogen and oxygen atoms in total. The van der Waals surface area contributed by atoms with Gasteiger partial charge in [0, 0.05) is 6.92 Å². The molecule has 0 amide bonds. The van der Waals surface area contributed by atoms with E-state index in [0.717, 1.165) is 5.56 Å². The third kappa shape index (κ3) is 1.67. The number of carbonyl (C=O) groups is 1. The highest BCUT2D eigenvalue weighted by Gasteiger charge is 2.19. The van der Waals surface area contributed by atoms with Gasteiger partial charge in [-0.15, -0.1) is 0 Å². The van der Waals surface area contributed by atoms with Crippen molar-refractivity contribution in [1.29, 1.82) is 0 Å². The summed E-state index contributed by atoms with van der Waals surface area (Å²) in [5, 5.41) is 3.90. The topological polar surface area (TPSA) is 38.7 Å². The molecule has 2 heterocycles. The molecule has 0 unspecified atom stereocenters. The van der Waals surface area contributed by atoms with E-state index in [-0.39, 0.29) is 5.97 Å². The largest absolute Gasteiger partial charge is 0.407 e. The molecule has 66 valence electrons. The van der Waals surface area contributed by atoms with Gasteiger partial charge in [0.05, 0.1) is 0 Å². The second-order valence-corrected chi connectivity index (χ2v) is 3.39. The van der Waals surface area contributed by atoms with Gasteiger partial charge in [0.15, 0.2) is 11.6 Å². The molecule has 0 atom stereocenters. The molecule has 0 bridgehead atoms. The van der Waals surface area contributed by atoms with Crippen LogP contribution >= 0.6 is 11.3 Å². The maximum Gasteiger partial charge on any atom is 0.363 e. The van der Waals surface area contributed by atoms with Gasteiger partial charge >= 0.3 is 5.97 Å². The summed E-state index contributed by atoms with van der Waals surface area (Å²) in [6.45, 7) is 1.66. The third-order valence-corrected chi connectivity index (χ3v) is 2.28. The first-order valence-electron chi connectivity index (χ1n) is 3.77. The van der Waals surface area contributed by atoms with Crippen LogP contribution in [-0.4, -0.2) is 11.9 Å². The van der Waals surface area contributed by atoms with Crippen LogP contribution in [0.1, 0.15) is 12.5 Å². The quantitative estimate of drug-likeness (QED) is 0.506. The molecule has 0 saturated heterocycles. The molecule has 0 aliphatic carbocycles. The lowest BCUT2D eigenvalue weighted by Gasteiger charge is -1.88. The molecule has 0 radical (unpaired) electrons. The molecule has 0 aromatic carbocycles. The first-order valence-corrected chi connectivity index (χ1v) is 4.71. The molecule has 2 rings (SSSR count). The molecular weight excluding hydrogens is 186 g/mol. The summed E-state index contributed by atoms with van der Waals surface area (Å²) in [6, 6.07) is 1.92. The second-order valence-electron chi connectivity index (χ2n) is 2.61. The van der Waals surface area contributed by atoms with Crippen molar-refractivity contribution in [2.45, 2.75) is 6.92 Å². The Hall–Kier alpha value is -1.42. The molecule has 0 spiro atoms. The maximum absolute atomic E-state index is 11.1. The van der Waals surface area contributed by atoms with Crippen molar-refractivity contribution in [1.82, 2.24) is 0 Å². The minimum absolute atomic E-state index is 0.371. The van der Waals surface area contributed by atoms with Crippen LogP contribution in [0.2, 0.25) is 0 Å². The Morgan fingerprint density at radius 3 is 3.00 bits per heavy atom. The number of hydrogen-bond acceptors (Lipinski definition) is 4. The highest BCUT2D eigenvalue weighted by Crippen LogP contribution is 2.16. The van der Waals surface area contributed by atoms with Gasteiger partial charge in [-0.25, -0.2) is 9.79 Å². The molecule has 1 aromatic heterocycles. The fourth-order valence-corrected chi connectivity index (χ4v) is 1.65. The molecule has 13 heavy (non-hydrogen) atoms. The van der Waals surface area contributed by atoms with Gasteiger partial charge in [-0.05, 0) is 28.5 Å². The maximum atomic E-state index is 11.1. The summed E-state index contributed by atoms with van der Waals surface area (Å²) >= 11 is 1.58. The first kappa shape index (κ1) is 8.19. The van der Waals surface area contributed by atoms with E-state index < -0.39 is 0 Å². The minimum atomic E-state index is -0.372. The van der Waals surface area contributed by atoms with Gasteiger partial charge in [0.1, 0.15) is 0 Å². The van der Waals surface area contributed by atoms with Gasteiger partial charge < -0.3 is 4.74 Å². The van der Waals surface area contributed by atoms with Crippen LogP contribution in [0.3, 0.4) is 0 Å². The first-order chi connectivity index (χ1) is 6.25. The molecule has 1 aliphatic rings. The highest BCUT2D eigenvalue weighted by atomic mass is 32.1. The predicted molar refractivity (Wildman–Crippen MR) is 51.5 cm³/mol. The Labute approximate surface area is 79.4 Å². The number of carbonyl (C=O) groups excluding carboxylic acids is 1. The fraction of sp³-hybridized carbons (Fsp3) is 0.111. The minimum Gasteiger partial charge on any atom is -0.407 e. The van der Waals surface area contributed by atoms with Crippen molar-refractivity contribution >= 4 is 29.3 Å². The van der Waals surface area contributed by atoms with E-state index in [1.165, 1.54) is 0 Å². The number of cyclic esters (lactones) is 1. The van der Waals surface area contributed by atoms with Crippen LogP contribution < -0.4 is 0 Å². The van der Waals surface area contributed by atoms with E-state index in [0.29, 0.717) is 11.6 Å². The molecular formula is C9H7NO2S. The van der Waals surface area contributed by atoms with Crippen LogP contribution in [0.4, 0.5) is 0 Å². The summed E-state index contributed by atoms with van der Waals surface area (Å²) in [7, 11) is 0. The molecule has 1 aliphatic heterocycles. The molecule has 0 fully saturated rings. The number of ether oxygens (including phenoxy) is 1. The third-order valence-electron chi connectivity index (χ3n) is 1.57. The van der Waals surface area contributed by atoms with Crippen molar-refractivity contribution in [2.75, 3.05) is 0 Å². The van der Waals surface area contributed by atoms with Gasteiger partial charge in [-0.3, -0.25) is 0 Å². The van der Waals surface area contributed by atoms with E-state index in [4.69, 9.17) is 4.74 Å². The van der Waals surface area contributed by atoms with Gasteiger partial charge in [-0.2, -0.15) is 11.3 Å². The van der Waals surface area contributed by atoms with E-state index >= 15 is 0 Å². The Balaban J connectivity index is 2.31. The van der Waals surface area contributed by atoms with Crippen molar-refractivity contribution in [3.05, 3.63) is 28.1 Å². The molecule has 0 N–H and O–H groups in total. The normalized spacial score (nSPS) is 19.0. The summed E-state index contributed by atoms with van der Waals surface area (Å²) in [5.41, 5.74) is 1.35. The Morgan fingerprint density at radius 1 is 1.62 bits per heavy atom. The standard InChI is InChI=1S/C9H7NO2S/c1-6-10-8(9(11)12-6)4-7-2-3-13-5-7/h2-5H,1H3/b8-4+. The van der Waals surface area contributed by atoms with Crippen LogP contribution in [0, 0.1) is 0 Å². The van der Waals surface area contributed by atoms with E-state index in [1.807, 2.05) is 16.8 Å². The average Bonchev–Trinajstić information content (AvgIpc) is 2.63. The number of hydrogen-bond donors (Lipinski definition) is 0. The summed E-state index contributed by atoms with van der Waals surface area (Å²) in [5.74, 6) is 0.0372. The Bertz CT molecular complexity index is 390. The SMILES string of the molecule is CC1=N/C(=C/c2ccsc2)C(=O)O1. The number of esters is 1. The zero-order valence-electron chi connectivity index (χ0n) is 6.98. The number of rotatable bonds is 1. The van der Waals surface area contributed by atoms with E-state index in [9.17, 15) is 4.79 Å². The average molecular weight is 193 g/mol. The summed E-state index contributed by atoms with van der Waals surface area (Å²) < 4.78 is 4.77. The molecule has 0 saturated carbocycles.